The fourth-order valence-corrected chi connectivity index (χ4v) is 3.76. The Bertz CT molecular complexity index is 812. The van der Waals surface area contributed by atoms with E-state index in [1.807, 2.05) is 13.8 Å². The highest BCUT2D eigenvalue weighted by atomic mass is 16.5. The van der Waals surface area contributed by atoms with Gasteiger partial charge in [-0.05, 0) is 41.9 Å². The van der Waals surface area contributed by atoms with Crippen molar-refractivity contribution >= 4 is 30.4 Å². The smallest absolute Gasteiger partial charge is 0.462 e. The van der Waals surface area contributed by atoms with E-state index in [4.69, 9.17) is 9.39 Å². The zero-order valence-electron chi connectivity index (χ0n) is 17.1. The van der Waals surface area contributed by atoms with Gasteiger partial charge >= 0.3 is 13.1 Å². The summed E-state index contributed by atoms with van der Waals surface area (Å²) in [6.45, 7) is 6.86. The van der Waals surface area contributed by atoms with E-state index in [0.717, 1.165) is 12.0 Å². The molecule has 8 nitrogen and oxygen atoms in total. The summed E-state index contributed by atoms with van der Waals surface area (Å²) in [4.78, 5) is 38.7. The van der Waals surface area contributed by atoms with Gasteiger partial charge < -0.3 is 24.6 Å². The fraction of sp³-hybridized carbons (Fsp3) is 0.550. The average molecular weight is 402 g/mol. The third-order valence-corrected chi connectivity index (χ3v) is 5.48. The van der Waals surface area contributed by atoms with E-state index in [0.29, 0.717) is 42.7 Å². The van der Waals surface area contributed by atoms with Gasteiger partial charge in [0.05, 0.1) is 13.2 Å². The molecule has 2 N–H and O–H groups in total. The van der Waals surface area contributed by atoms with Crippen LogP contribution in [0.3, 0.4) is 0 Å². The fourth-order valence-electron chi connectivity index (χ4n) is 3.76. The minimum absolute atomic E-state index is 0.0769. The molecule has 0 aliphatic carbocycles. The van der Waals surface area contributed by atoms with E-state index in [1.165, 1.54) is 0 Å². The third kappa shape index (κ3) is 4.62. The van der Waals surface area contributed by atoms with Crippen molar-refractivity contribution in [3.63, 3.8) is 0 Å². The second kappa shape index (κ2) is 8.96. The highest BCUT2D eigenvalue weighted by molar-refractivity contribution is 6.62. The summed E-state index contributed by atoms with van der Waals surface area (Å²) in [5.74, 6) is -1.03. The molecular weight excluding hydrogens is 375 g/mol. The van der Waals surface area contributed by atoms with Crippen molar-refractivity contribution in [2.24, 2.45) is 5.92 Å². The predicted octanol–water partition coefficient (Wildman–Crippen LogP) is 0.133. The Hall–Kier alpha value is -2.39. The van der Waals surface area contributed by atoms with Gasteiger partial charge in [0.25, 0.3) is 5.91 Å². The Balaban J connectivity index is 1.62. The van der Waals surface area contributed by atoms with Gasteiger partial charge in [0.1, 0.15) is 12.6 Å². The Morgan fingerprint density at radius 3 is 2.79 bits per heavy atom. The summed E-state index contributed by atoms with van der Waals surface area (Å²) in [6.07, 6.45) is 1.37. The number of nitrogens with zero attached hydrogens (tertiary/aromatic N) is 1. The van der Waals surface area contributed by atoms with Crippen LogP contribution in [0.25, 0.3) is 0 Å². The van der Waals surface area contributed by atoms with Crippen molar-refractivity contribution in [3.8, 4) is 0 Å². The molecule has 1 saturated heterocycles. The van der Waals surface area contributed by atoms with Crippen LogP contribution in [0.1, 0.15) is 48.2 Å². The van der Waals surface area contributed by atoms with E-state index in [-0.39, 0.29) is 18.4 Å². The number of hydrogen-bond donors (Lipinski definition) is 2. The lowest BCUT2D eigenvalue weighted by Crippen LogP contribution is -2.46. The van der Waals surface area contributed by atoms with Crippen LogP contribution in [-0.4, -0.2) is 60.6 Å². The van der Waals surface area contributed by atoms with E-state index >= 15 is 0 Å². The predicted molar refractivity (Wildman–Crippen MR) is 106 cm³/mol. The first-order chi connectivity index (χ1) is 13.8. The average Bonchev–Trinajstić information content (AvgIpc) is 3.25. The molecule has 9 heteroatoms. The topological polar surface area (TPSA) is 105 Å². The molecule has 2 heterocycles. The molecule has 0 aromatic heterocycles. The zero-order valence-corrected chi connectivity index (χ0v) is 17.1. The first-order valence-electron chi connectivity index (χ1n) is 9.97. The highest BCUT2D eigenvalue weighted by Gasteiger charge is 2.32. The van der Waals surface area contributed by atoms with Crippen molar-refractivity contribution in [1.29, 1.82) is 0 Å². The van der Waals surface area contributed by atoms with Gasteiger partial charge in [-0.1, -0.05) is 19.9 Å². The number of carbonyl (C=O) groups is 3. The minimum Gasteiger partial charge on any atom is -0.462 e. The highest BCUT2D eigenvalue weighted by Crippen LogP contribution is 2.17. The number of esters is 1. The number of carbonyl (C=O) groups excluding carboxylic acids is 3. The normalized spacial score (nSPS) is 16.9. The van der Waals surface area contributed by atoms with Crippen molar-refractivity contribution in [2.75, 3.05) is 19.7 Å². The number of amides is 2. The van der Waals surface area contributed by atoms with E-state index < -0.39 is 25.0 Å². The Kier molecular flexibility index (Phi) is 6.59. The van der Waals surface area contributed by atoms with Crippen LogP contribution in [0.4, 0.5) is 0 Å². The van der Waals surface area contributed by atoms with Crippen molar-refractivity contribution in [2.45, 2.75) is 46.3 Å². The Morgan fingerprint density at radius 1 is 1.38 bits per heavy atom. The molecule has 2 amide bonds. The second-order valence-electron chi connectivity index (χ2n) is 7.82. The summed E-state index contributed by atoms with van der Waals surface area (Å²) >= 11 is 0. The van der Waals surface area contributed by atoms with Crippen LogP contribution < -0.4 is 10.8 Å². The molecular formula is C20H27BN2O6. The number of likely N-dealkylation sites (tertiary alicyclic amines) is 1. The summed E-state index contributed by atoms with van der Waals surface area (Å²) in [7, 11) is -1.04. The summed E-state index contributed by atoms with van der Waals surface area (Å²) in [6, 6.07) is 2.61. The first-order valence-corrected chi connectivity index (χ1v) is 9.97. The molecule has 1 aromatic rings. The lowest BCUT2D eigenvalue weighted by Gasteiger charge is -2.22. The largest absolute Gasteiger partial charge is 0.492 e. The number of rotatable bonds is 7. The van der Waals surface area contributed by atoms with Crippen LogP contribution in [0.2, 0.25) is 0 Å². The maximum atomic E-state index is 12.8. The van der Waals surface area contributed by atoms with Crippen molar-refractivity contribution < 1.29 is 28.8 Å². The summed E-state index contributed by atoms with van der Waals surface area (Å²) < 4.78 is 10.5. The van der Waals surface area contributed by atoms with Gasteiger partial charge in [0.15, 0.2) is 0 Å². The SMILES string of the molecule is Cc1c(C(=O)N[C@H](C(=O)OCCN2CCCC2=O)C(C)C)ccc2c1B(O)OC2. The minimum atomic E-state index is -1.04. The molecule has 156 valence electrons. The Labute approximate surface area is 170 Å². The van der Waals surface area contributed by atoms with E-state index in [1.54, 1.807) is 24.0 Å². The molecule has 0 bridgehead atoms. The van der Waals surface area contributed by atoms with Crippen LogP contribution >= 0.6 is 0 Å². The van der Waals surface area contributed by atoms with E-state index in [2.05, 4.69) is 5.32 Å². The molecule has 29 heavy (non-hydrogen) atoms. The van der Waals surface area contributed by atoms with Gasteiger partial charge in [0, 0.05) is 18.5 Å². The van der Waals surface area contributed by atoms with Gasteiger partial charge in [-0.3, -0.25) is 9.59 Å². The van der Waals surface area contributed by atoms with Gasteiger partial charge in [-0.15, -0.1) is 0 Å². The van der Waals surface area contributed by atoms with Crippen molar-refractivity contribution in [3.05, 3.63) is 28.8 Å². The standard InChI is InChI=1S/C20H27BN2O6/c1-12(2)18(20(26)28-10-9-23-8-4-5-16(23)24)22-19(25)15-7-6-14-11-29-21(27)17(14)13(15)3/h6-7,12,18,27H,4-5,8-11H2,1-3H3,(H,22,25)/t18-/m0/s1. The monoisotopic (exact) mass is 402 g/mol. The molecule has 2 aliphatic rings. The third-order valence-electron chi connectivity index (χ3n) is 5.48. The zero-order chi connectivity index (χ0) is 21.1. The van der Waals surface area contributed by atoms with Crippen molar-refractivity contribution in [1.82, 2.24) is 10.2 Å². The van der Waals surface area contributed by atoms with E-state index in [9.17, 15) is 19.4 Å². The summed E-state index contributed by atoms with van der Waals surface area (Å²) in [5.41, 5.74) is 2.47. The molecule has 0 saturated carbocycles. The molecule has 0 unspecified atom stereocenters. The van der Waals surface area contributed by atoms with Gasteiger partial charge in [0.2, 0.25) is 5.91 Å². The number of nitrogens with one attached hydrogen (secondary N) is 1. The van der Waals surface area contributed by atoms with Gasteiger partial charge in [-0.2, -0.15) is 0 Å². The Morgan fingerprint density at radius 2 is 2.14 bits per heavy atom. The second-order valence-corrected chi connectivity index (χ2v) is 7.82. The van der Waals surface area contributed by atoms with Crippen LogP contribution in [-0.2, 0) is 25.6 Å². The molecule has 1 atom stereocenters. The maximum Gasteiger partial charge on any atom is 0.492 e. The van der Waals surface area contributed by atoms with Gasteiger partial charge in [-0.25, -0.2) is 4.79 Å². The van der Waals surface area contributed by atoms with Crippen LogP contribution in [0, 0.1) is 12.8 Å². The number of ether oxygens (including phenoxy) is 1. The number of fused-ring (bicyclic) bond motifs is 1. The molecule has 2 aliphatic heterocycles. The summed E-state index contributed by atoms with van der Waals surface area (Å²) in [5, 5.41) is 12.7. The van der Waals surface area contributed by atoms with Crippen LogP contribution in [0.5, 0.6) is 0 Å². The molecule has 3 rings (SSSR count). The molecule has 1 fully saturated rings. The first kappa shape index (κ1) is 21.3. The molecule has 0 radical (unpaired) electrons. The van der Waals surface area contributed by atoms with Crippen LogP contribution in [0.15, 0.2) is 12.1 Å². The molecule has 0 spiro atoms. The quantitative estimate of drug-likeness (QED) is 0.497. The lowest BCUT2D eigenvalue weighted by molar-refractivity contribution is -0.148. The number of benzene rings is 1. The number of hydrogen-bond acceptors (Lipinski definition) is 6. The lowest BCUT2D eigenvalue weighted by atomic mass is 9.75. The molecule has 1 aromatic carbocycles. The maximum absolute atomic E-state index is 12.8.